The lowest BCUT2D eigenvalue weighted by molar-refractivity contribution is -0.379. The number of carbonyl (C=O) groups is 1. The van der Waals surface area contributed by atoms with Crippen LogP contribution in [0.4, 0.5) is 0 Å². The molecule has 66 heavy (non-hydrogen) atoms. The van der Waals surface area contributed by atoms with Crippen LogP contribution in [0.15, 0.2) is 12.2 Å². The summed E-state index contributed by atoms with van der Waals surface area (Å²) in [5.41, 5.74) is 0. The fourth-order valence-electron chi connectivity index (χ4n) is 8.60. The number of hydrogen-bond donors (Lipinski definition) is 12. The van der Waals surface area contributed by atoms with Gasteiger partial charge >= 0.3 is 0 Å². The lowest BCUT2D eigenvalue weighted by Gasteiger charge is -2.48. The maximum absolute atomic E-state index is 13.1. The maximum Gasteiger partial charge on any atom is 0.220 e. The summed E-state index contributed by atoms with van der Waals surface area (Å²) in [6, 6.07) is -0.963. The van der Waals surface area contributed by atoms with Gasteiger partial charge < -0.3 is 89.9 Å². The molecular formula is C47H87NO18. The molecule has 3 rings (SSSR count). The van der Waals surface area contributed by atoms with E-state index >= 15 is 0 Å². The van der Waals surface area contributed by atoms with Crippen LogP contribution in [0.25, 0.3) is 0 Å². The van der Waals surface area contributed by atoms with E-state index in [4.69, 9.17) is 28.4 Å². The maximum atomic E-state index is 13.1. The van der Waals surface area contributed by atoms with E-state index < -0.39 is 124 Å². The Balaban J connectivity index is 1.57. The van der Waals surface area contributed by atoms with Crippen molar-refractivity contribution in [1.29, 1.82) is 0 Å². The van der Waals surface area contributed by atoms with Gasteiger partial charge in [-0.25, -0.2) is 0 Å². The summed E-state index contributed by atoms with van der Waals surface area (Å²) in [6.45, 7) is 1.64. The van der Waals surface area contributed by atoms with Crippen molar-refractivity contribution in [3.63, 3.8) is 0 Å². The molecule has 388 valence electrons. The van der Waals surface area contributed by atoms with Crippen LogP contribution in [0.5, 0.6) is 0 Å². The first kappa shape index (κ1) is 58.8. The lowest BCUT2D eigenvalue weighted by Crippen LogP contribution is -2.66. The average molecular weight is 954 g/mol. The van der Waals surface area contributed by atoms with E-state index in [2.05, 4.69) is 19.2 Å². The van der Waals surface area contributed by atoms with Crippen LogP contribution in [0.3, 0.4) is 0 Å². The first-order valence-corrected chi connectivity index (χ1v) is 24.9. The van der Waals surface area contributed by atoms with Gasteiger partial charge in [-0.05, 0) is 19.3 Å². The van der Waals surface area contributed by atoms with Crippen LogP contribution in [0.2, 0.25) is 0 Å². The molecule has 12 N–H and O–H groups in total. The summed E-state index contributed by atoms with van der Waals surface area (Å²) in [5, 5.41) is 119. The zero-order chi connectivity index (χ0) is 48.4. The molecule has 17 unspecified atom stereocenters. The summed E-state index contributed by atoms with van der Waals surface area (Å²) in [5.74, 6) is -0.280. The smallest absolute Gasteiger partial charge is 0.220 e. The van der Waals surface area contributed by atoms with Crippen LogP contribution < -0.4 is 5.32 Å². The third-order valence-electron chi connectivity index (χ3n) is 12.8. The van der Waals surface area contributed by atoms with Gasteiger partial charge in [-0.3, -0.25) is 4.79 Å². The van der Waals surface area contributed by atoms with Crippen molar-refractivity contribution >= 4 is 5.91 Å². The van der Waals surface area contributed by atoms with Crippen LogP contribution in [0, 0.1) is 0 Å². The Hall–Kier alpha value is -1.47. The van der Waals surface area contributed by atoms with Crippen molar-refractivity contribution in [2.45, 2.75) is 253 Å². The summed E-state index contributed by atoms with van der Waals surface area (Å²) < 4.78 is 34.0. The van der Waals surface area contributed by atoms with E-state index in [1.165, 1.54) is 77.0 Å². The highest BCUT2D eigenvalue weighted by Gasteiger charge is 2.53. The predicted molar refractivity (Wildman–Crippen MR) is 240 cm³/mol. The summed E-state index contributed by atoms with van der Waals surface area (Å²) in [4.78, 5) is 13.1. The van der Waals surface area contributed by atoms with Crippen LogP contribution in [-0.4, -0.2) is 193 Å². The monoisotopic (exact) mass is 954 g/mol. The van der Waals surface area contributed by atoms with Crippen molar-refractivity contribution in [2.75, 3.05) is 26.4 Å². The lowest BCUT2D eigenvalue weighted by atomic mass is 9.96. The summed E-state index contributed by atoms with van der Waals surface area (Å²) in [7, 11) is 0. The molecule has 3 heterocycles. The number of hydrogen-bond acceptors (Lipinski definition) is 18. The van der Waals surface area contributed by atoms with Gasteiger partial charge in [-0.1, -0.05) is 135 Å². The average Bonchev–Trinajstić information content (AvgIpc) is 3.31. The summed E-state index contributed by atoms with van der Waals surface area (Å²) >= 11 is 0. The minimum Gasteiger partial charge on any atom is -0.394 e. The Labute approximate surface area is 391 Å². The number of nitrogens with one attached hydrogen (secondary N) is 1. The van der Waals surface area contributed by atoms with Crippen molar-refractivity contribution < 1.29 is 89.4 Å². The Morgan fingerprint density at radius 3 is 1.42 bits per heavy atom. The quantitative estimate of drug-likeness (QED) is 0.0317. The molecule has 0 aromatic carbocycles. The number of amides is 1. The highest BCUT2D eigenvalue weighted by Crippen LogP contribution is 2.33. The number of unbranched alkanes of at least 4 members (excludes halogenated alkanes) is 18. The molecule has 0 spiro atoms. The van der Waals surface area contributed by atoms with E-state index in [-0.39, 0.29) is 18.9 Å². The predicted octanol–water partition coefficient (Wildman–Crippen LogP) is 1.09. The minimum absolute atomic E-state index is 0.247. The molecule has 0 bridgehead atoms. The molecular weight excluding hydrogens is 867 g/mol. The van der Waals surface area contributed by atoms with Gasteiger partial charge in [0.2, 0.25) is 5.91 Å². The first-order valence-electron chi connectivity index (χ1n) is 24.9. The molecule has 3 saturated heterocycles. The van der Waals surface area contributed by atoms with E-state index in [9.17, 15) is 61.0 Å². The van der Waals surface area contributed by atoms with Gasteiger partial charge in [-0.15, -0.1) is 0 Å². The largest absolute Gasteiger partial charge is 0.394 e. The zero-order valence-electron chi connectivity index (χ0n) is 39.4. The van der Waals surface area contributed by atoms with Crippen molar-refractivity contribution in [3.8, 4) is 0 Å². The Bertz CT molecular complexity index is 1280. The Morgan fingerprint density at radius 2 is 0.939 bits per heavy atom. The molecule has 17 atom stereocenters. The van der Waals surface area contributed by atoms with E-state index in [1.807, 2.05) is 6.08 Å². The molecule has 0 radical (unpaired) electrons. The van der Waals surface area contributed by atoms with E-state index in [0.717, 1.165) is 44.9 Å². The van der Waals surface area contributed by atoms with Gasteiger partial charge in [0, 0.05) is 6.42 Å². The second-order valence-electron chi connectivity index (χ2n) is 18.3. The van der Waals surface area contributed by atoms with Gasteiger partial charge in [-0.2, -0.15) is 0 Å². The molecule has 0 aromatic heterocycles. The van der Waals surface area contributed by atoms with Crippen molar-refractivity contribution in [3.05, 3.63) is 12.2 Å². The number of aliphatic hydroxyl groups excluding tert-OH is 11. The van der Waals surface area contributed by atoms with E-state index in [0.29, 0.717) is 6.42 Å². The minimum atomic E-state index is -1.97. The number of allylic oxidation sites excluding steroid dienone is 1. The molecule has 3 aliphatic heterocycles. The number of ether oxygens (including phenoxy) is 6. The third kappa shape index (κ3) is 19.4. The van der Waals surface area contributed by atoms with Gasteiger partial charge in [0.15, 0.2) is 18.9 Å². The standard InChI is InChI=1S/C47H87NO18/c1-3-5-7-9-11-13-14-15-17-19-21-23-25-35(53)48-30(31(52)24-22-20-18-16-12-10-8-6-4-2)29-61-45-41(59)38(56)43(33(27-50)63-45)66-47-42(60)39(57)44(34(28-51)64-47)65-46-40(58)37(55)36(54)32(26-49)62-46/h22,24,30-34,36-47,49-52,54-60H,3-21,23,25-29H2,1-2H3,(H,48,53)/b24-22+. The molecule has 19 nitrogen and oxygen atoms in total. The molecule has 0 aliphatic carbocycles. The number of rotatable bonds is 34. The van der Waals surface area contributed by atoms with Gasteiger partial charge in [0.1, 0.15) is 73.2 Å². The molecule has 0 aromatic rings. The highest BCUT2D eigenvalue weighted by atomic mass is 16.8. The molecule has 1 amide bonds. The Morgan fingerprint density at radius 1 is 0.530 bits per heavy atom. The van der Waals surface area contributed by atoms with Crippen molar-refractivity contribution in [1.82, 2.24) is 5.32 Å². The molecule has 3 aliphatic rings. The third-order valence-corrected chi connectivity index (χ3v) is 12.8. The van der Waals surface area contributed by atoms with Crippen molar-refractivity contribution in [2.24, 2.45) is 0 Å². The molecule has 0 saturated carbocycles. The van der Waals surface area contributed by atoms with Crippen LogP contribution in [-0.2, 0) is 33.2 Å². The molecule has 19 heteroatoms. The Kier molecular flexibility index (Phi) is 29.6. The zero-order valence-corrected chi connectivity index (χ0v) is 39.4. The fraction of sp³-hybridized carbons (Fsp3) is 0.936. The summed E-state index contributed by atoms with van der Waals surface area (Å²) in [6.07, 6.45) is -0.480. The topological polar surface area (TPSA) is 307 Å². The normalized spacial score (nSPS) is 33.9. The fourth-order valence-corrected chi connectivity index (χ4v) is 8.60. The first-order chi connectivity index (χ1) is 31.8. The number of carbonyl (C=O) groups excluding carboxylic acids is 1. The van der Waals surface area contributed by atoms with Gasteiger partial charge in [0.05, 0.1) is 38.6 Å². The highest BCUT2D eigenvalue weighted by molar-refractivity contribution is 5.76. The SMILES string of the molecule is CCCCCCCCC/C=C/C(O)C(COC1OC(CO)C(OC2OC(CO)C(OC3OC(CO)C(O)C(O)C3O)C(O)C2O)C(O)C1O)NC(=O)CCCCCCCCCCCCCC. The second-order valence-corrected chi connectivity index (χ2v) is 18.3. The van der Waals surface area contributed by atoms with Gasteiger partial charge in [0.25, 0.3) is 0 Å². The van der Waals surface area contributed by atoms with Crippen LogP contribution in [0.1, 0.15) is 149 Å². The number of aliphatic hydroxyl groups is 11. The molecule has 3 fully saturated rings. The van der Waals surface area contributed by atoms with Crippen LogP contribution >= 0.6 is 0 Å². The second kappa shape index (κ2) is 33.2. The van der Waals surface area contributed by atoms with E-state index in [1.54, 1.807) is 6.08 Å².